The Morgan fingerprint density at radius 2 is 2.33 bits per heavy atom. The number of benzene rings is 1. The molecular formula is C15H22BrNO. The predicted molar refractivity (Wildman–Crippen MR) is 78.9 cm³/mol. The summed E-state index contributed by atoms with van der Waals surface area (Å²) in [6.07, 6.45) is 4.76. The fourth-order valence-corrected chi connectivity index (χ4v) is 3.22. The highest BCUT2D eigenvalue weighted by atomic mass is 79.9. The Labute approximate surface area is 118 Å². The summed E-state index contributed by atoms with van der Waals surface area (Å²) in [5.41, 5.74) is 2.95. The van der Waals surface area contributed by atoms with Crippen molar-refractivity contribution in [2.45, 2.75) is 44.7 Å². The van der Waals surface area contributed by atoms with Gasteiger partial charge in [-0.05, 0) is 42.5 Å². The van der Waals surface area contributed by atoms with E-state index in [-0.39, 0.29) is 0 Å². The molecule has 2 nitrogen and oxygen atoms in total. The number of nitrogens with one attached hydrogen (secondary N) is 1. The van der Waals surface area contributed by atoms with Gasteiger partial charge in [0.15, 0.2) is 0 Å². The van der Waals surface area contributed by atoms with Crippen LogP contribution in [-0.2, 0) is 11.2 Å². The van der Waals surface area contributed by atoms with Gasteiger partial charge in [-0.2, -0.15) is 0 Å². The van der Waals surface area contributed by atoms with Crippen molar-refractivity contribution < 1.29 is 4.74 Å². The van der Waals surface area contributed by atoms with Crippen molar-refractivity contribution in [2.75, 3.05) is 13.7 Å². The maximum absolute atomic E-state index is 5.30. The maximum Gasteiger partial charge on any atom is 0.0616 e. The van der Waals surface area contributed by atoms with Gasteiger partial charge in [-0.3, -0.25) is 0 Å². The van der Waals surface area contributed by atoms with Crippen LogP contribution >= 0.6 is 15.9 Å². The lowest BCUT2D eigenvalue weighted by molar-refractivity contribution is 0.155. The number of halogens is 1. The molecule has 2 rings (SSSR count). The normalized spacial score (nSPS) is 19.8. The first kappa shape index (κ1) is 14.0. The number of aryl methyl sites for hydroxylation is 1. The molecule has 0 heterocycles. The first-order valence-electron chi connectivity index (χ1n) is 6.78. The lowest BCUT2D eigenvalue weighted by atomic mass is 10.1. The number of methoxy groups -OCH3 is 1. The van der Waals surface area contributed by atoms with Crippen LogP contribution in [0.5, 0.6) is 0 Å². The van der Waals surface area contributed by atoms with Gasteiger partial charge in [0.25, 0.3) is 0 Å². The van der Waals surface area contributed by atoms with Crippen LogP contribution < -0.4 is 5.32 Å². The molecule has 18 heavy (non-hydrogen) atoms. The highest BCUT2D eigenvalue weighted by molar-refractivity contribution is 9.10. The van der Waals surface area contributed by atoms with Crippen LogP contribution in [0.25, 0.3) is 0 Å². The van der Waals surface area contributed by atoms with Gasteiger partial charge in [-0.15, -0.1) is 0 Å². The van der Waals surface area contributed by atoms with E-state index in [1.807, 2.05) is 0 Å². The van der Waals surface area contributed by atoms with Gasteiger partial charge in [0.1, 0.15) is 0 Å². The van der Waals surface area contributed by atoms with Crippen LogP contribution in [0.4, 0.5) is 0 Å². The molecule has 1 aromatic rings. The number of fused-ring (bicyclic) bond motifs is 1. The quantitative estimate of drug-likeness (QED) is 0.862. The molecule has 0 amide bonds. The SMILES string of the molecule is CCCC(COC)NC1CCc2cc(Br)ccc21. The molecule has 0 saturated carbocycles. The van der Waals surface area contributed by atoms with Crippen LogP contribution in [0.2, 0.25) is 0 Å². The summed E-state index contributed by atoms with van der Waals surface area (Å²) in [5, 5.41) is 3.75. The van der Waals surface area contributed by atoms with Crippen LogP contribution in [0, 0.1) is 0 Å². The van der Waals surface area contributed by atoms with E-state index in [1.54, 1.807) is 7.11 Å². The Bertz CT molecular complexity index is 388. The van der Waals surface area contributed by atoms with Crippen molar-refractivity contribution in [3.05, 3.63) is 33.8 Å². The van der Waals surface area contributed by atoms with Crippen molar-refractivity contribution in [2.24, 2.45) is 0 Å². The summed E-state index contributed by atoms with van der Waals surface area (Å²) >= 11 is 3.54. The molecule has 0 aromatic heterocycles. The van der Waals surface area contributed by atoms with Gasteiger partial charge < -0.3 is 10.1 Å². The van der Waals surface area contributed by atoms with E-state index in [0.29, 0.717) is 12.1 Å². The Kier molecular flexibility index (Phi) is 5.22. The largest absolute Gasteiger partial charge is 0.383 e. The number of rotatable bonds is 6. The van der Waals surface area contributed by atoms with Crippen LogP contribution in [0.1, 0.15) is 43.4 Å². The summed E-state index contributed by atoms with van der Waals surface area (Å²) in [4.78, 5) is 0. The standard InChI is InChI=1S/C15H22BrNO/c1-3-4-13(10-18-2)17-15-8-5-11-9-12(16)6-7-14(11)15/h6-7,9,13,15,17H,3-5,8,10H2,1-2H3. The minimum absolute atomic E-state index is 0.472. The fraction of sp³-hybridized carbons (Fsp3) is 0.600. The predicted octanol–water partition coefficient (Wildman–Crippen LogP) is 3.84. The molecular weight excluding hydrogens is 290 g/mol. The first-order chi connectivity index (χ1) is 8.74. The summed E-state index contributed by atoms with van der Waals surface area (Å²) in [6.45, 7) is 3.03. The number of hydrogen-bond acceptors (Lipinski definition) is 2. The third-order valence-electron chi connectivity index (χ3n) is 3.62. The number of ether oxygens (including phenoxy) is 1. The molecule has 0 aliphatic heterocycles. The molecule has 1 aliphatic carbocycles. The van der Waals surface area contributed by atoms with Gasteiger partial charge >= 0.3 is 0 Å². The Morgan fingerprint density at radius 3 is 3.06 bits per heavy atom. The van der Waals surface area contributed by atoms with Crippen molar-refractivity contribution in [1.29, 1.82) is 0 Å². The highest BCUT2D eigenvalue weighted by Crippen LogP contribution is 2.33. The fourth-order valence-electron chi connectivity index (χ4n) is 2.81. The van der Waals surface area contributed by atoms with E-state index in [4.69, 9.17) is 4.74 Å². The number of hydrogen-bond donors (Lipinski definition) is 1. The second-order valence-electron chi connectivity index (χ2n) is 5.04. The molecule has 3 heteroatoms. The molecule has 0 fully saturated rings. The van der Waals surface area contributed by atoms with E-state index in [0.717, 1.165) is 6.61 Å². The second-order valence-corrected chi connectivity index (χ2v) is 5.96. The zero-order chi connectivity index (χ0) is 13.0. The molecule has 0 saturated heterocycles. The molecule has 1 aromatic carbocycles. The zero-order valence-electron chi connectivity index (χ0n) is 11.2. The molecule has 2 unspecified atom stereocenters. The van der Waals surface area contributed by atoms with E-state index < -0.39 is 0 Å². The lowest BCUT2D eigenvalue weighted by Gasteiger charge is -2.23. The van der Waals surface area contributed by atoms with Gasteiger partial charge in [0, 0.05) is 23.7 Å². The van der Waals surface area contributed by atoms with Gasteiger partial charge in [0.2, 0.25) is 0 Å². The maximum atomic E-state index is 5.30. The van der Waals surface area contributed by atoms with Crippen molar-refractivity contribution in [3.63, 3.8) is 0 Å². The molecule has 1 N–H and O–H groups in total. The highest BCUT2D eigenvalue weighted by Gasteiger charge is 2.24. The molecule has 1 aliphatic rings. The van der Waals surface area contributed by atoms with Crippen molar-refractivity contribution in [3.8, 4) is 0 Å². The zero-order valence-corrected chi connectivity index (χ0v) is 12.8. The van der Waals surface area contributed by atoms with E-state index >= 15 is 0 Å². The topological polar surface area (TPSA) is 21.3 Å². The van der Waals surface area contributed by atoms with Crippen molar-refractivity contribution >= 4 is 15.9 Å². The molecule has 2 atom stereocenters. The van der Waals surface area contributed by atoms with Gasteiger partial charge in [0.05, 0.1) is 6.61 Å². The Morgan fingerprint density at radius 1 is 1.50 bits per heavy atom. The van der Waals surface area contributed by atoms with Crippen LogP contribution in [0.3, 0.4) is 0 Å². The lowest BCUT2D eigenvalue weighted by Crippen LogP contribution is -2.35. The molecule has 0 radical (unpaired) electrons. The van der Waals surface area contributed by atoms with E-state index in [9.17, 15) is 0 Å². The van der Waals surface area contributed by atoms with Crippen molar-refractivity contribution in [1.82, 2.24) is 5.32 Å². The molecule has 100 valence electrons. The van der Waals surface area contributed by atoms with Gasteiger partial charge in [-0.1, -0.05) is 35.3 Å². The molecule has 0 spiro atoms. The minimum Gasteiger partial charge on any atom is -0.383 e. The monoisotopic (exact) mass is 311 g/mol. The summed E-state index contributed by atoms with van der Waals surface area (Å²) in [5.74, 6) is 0. The van der Waals surface area contributed by atoms with Crippen LogP contribution in [-0.4, -0.2) is 19.8 Å². The smallest absolute Gasteiger partial charge is 0.0616 e. The van der Waals surface area contributed by atoms with E-state index in [2.05, 4.69) is 46.4 Å². The third-order valence-corrected chi connectivity index (χ3v) is 4.12. The van der Waals surface area contributed by atoms with E-state index in [1.165, 1.54) is 41.3 Å². The van der Waals surface area contributed by atoms with Crippen LogP contribution in [0.15, 0.2) is 22.7 Å². The summed E-state index contributed by atoms with van der Waals surface area (Å²) < 4.78 is 6.49. The summed E-state index contributed by atoms with van der Waals surface area (Å²) in [6, 6.07) is 7.62. The average Bonchev–Trinajstić information content (AvgIpc) is 2.72. The summed E-state index contributed by atoms with van der Waals surface area (Å²) in [7, 11) is 1.78. The Hall–Kier alpha value is -0.380. The second kappa shape index (κ2) is 6.69. The third kappa shape index (κ3) is 3.34. The minimum atomic E-state index is 0.472. The first-order valence-corrected chi connectivity index (χ1v) is 7.57. The molecule has 0 bridgehead atoms. The Balaban J connectivity index is 2.03. The van der Waals surface area contributed by atoms with Gasteiger partial charge in [-0.25, -0.2) is 0 Å². The average molecular weight is 312 g/mol.